The van der Waals surface area contributed by atoms with Gasteiger partial charge in [-0.25, -0.2) is 4.99 Å². The maximum Gasteiger partial charge on any atom is 0.212 e. The van der Waals surface area contributed by atoms with Crippen molar-refractivity contribution in [2.45, 2.75) is 27.2 Å². The van der Waals surface area contributed by atoms with E-state index in [1.54, 1.807) is 6.08 Å². The van der Waals surface area contributed by atoms with Crippen LogP contribution in [-0.2, 0) is 4.74 Å². The zero-order valence-corrected chi connectivity index (χ0v) is 9.42. The Labute approximate surface area is 86.8 Å². The second-order valence-corrected chi connectivity index (χ2v) is 2.41. The minimum atomic E-state index is 0.123. The van der Waals surface area contributed by atoms with Crippen LogP contribution in [0.1, 0.15) is 27.2 Å². The summed E-state index contributed by atoms with van der Waals surface area (Å²) < 4.78 is 5.15. The predicted molar refractivity (Wildman–Crippen MR) is 61.4 cm³/mol. The molecule has 0 atom stereocenters. The van der Waals surface area contributed by atoms with E-state index < -0.39 is 0 Å². The molecule has 0 unspecified atom stereocenters. The maximum absolute atomic E-state index is 8.47. The van der Waals surface area contributed by atoms with Gasteiger partial charge in [0, 0.05) is 19.1 Å². The molecule has 0 heterocycles. The van der Waals surface area contributed by atoms with Gasteiger partial charge >= 0.3 is 0 Å². The fourth-order valence-electron chi connectivity index (χ4n) is 0.585. The van der Waals surface area contributed by atoms with E-state index >= 15 is 0 Å². The molecule has 0 amide bonds. The molecule has 0 saturated heterocycles. The summed E-state index contributed by atoms with van der Waals surface area (Å²) in [5.74, 6) is 0.455. The van der Waals surface area contributed by atoms with Gasteiger partial charge in [0.05, 0.1) is 6.61 Å². The summed E-state index contributed by atoms with van der Waals surface area (Å²) in [4.78, 5) is 3.65. The van der Waals surface area contributed by atoms with Crippen LogP contribution in [0.3, 0.4) is 0 Å². The molecular formula is C11H21NO2. The fraction of sp³-hybridized carbons (Fsp3) is 0.545. The van der Waals surface area contributed by atoms with Gasteiger partial charge in [-0.15, -0.1) is 0 Å². The van der Waals surface area contributed by atoms with Crippen molar-refractivity contribution in [1.82, 2.24) is 0 Å². The Morgan fingerprint density at radius 2 is 2.07 bits per heavy atom. The number of allylic oxidation sites excluding steroid dienone is 2. The second-order valence-electron chi connectivity index (χ2n) is 2.41. The van der Waals surface area contributed by atoms with E-state index in [4.69, 9.17) is 9.84 Å². The molecule has 0 radical (unpaired) electrons. The van der Waals surface area contributed by atoms with Gasteiger partial charge in [0.2, 0.25) is 5.88 Å². The van der Waals surface area contributed by atoms with Gasteiger partial charge in [-0.3, -0.25) is 0 Å². The van der Waals surface area contributed by atoms with Crippen LogP contribution in [0.4, 0.5) is 0 Å². The van der Waals surface area contributed by atoms with Gasteiger partial charge in [-0.05, 0) is 13.6 Å². The number of nitrogens with zero attached hydrogens (tertiary/aromatic N) is 1. The minimum Gasteiger partial charge on any atom is -0.478 e. The number of hydrogen-bond donors (Lipinski definition) is 1. The predicted octanol–water partition coefficient (Wildman–Crippen LogP) is 2.53. The maximum atomic E-state index is 8.47. The molecular weight excluding hydrogens is 178 g/mol. The Kier molecular flexibility index (Phi) is 13.1. The standard InChI is InChI=1S/C9H15NO2.C2H6/c1-8(2)7-9(10-3)12-6-4-5-11;1-2/h7,11H,1,3-6H2,2H3;1-2H3/b9-7+;. The Morgan fingerprint density at radius 3 is 2.43 bits per heavy atom. The van der Waals surface area contributed by atoms with Crippen LogP contribution in [0.25, 0.3) is 0 Å². The third-order valence-electron chi connectivity index (χ3n) is 1.08. The van der Waals surface area contributed by atoms with E-state index in [1.807, 2.05) is 20.8 Å². The van der Waals surface area contributed by atoms with Gasteiger partial charge in [-0.2, -0.15) is 0 Å². The van der Waals surface area contributed by atoms with Gasteiger partial charge in [-0.1, -0.05) is 26.0 Å². The lowest BCUT2D eigenvalue weighted by Gasteiger charge is -2.03. The first-order valence-electron chi connectivity index (χ1n) is 4.78. The number of ether oxygens (including phenoxy) is 1. The largest absolute Gasteiger partial charge is 0.478 e. The van der Waals surface area contributed by atoms with E-state index in [0.29, 0.717) is 18.9 Å². The molecule has 0 aliphatic rings. The van der Waals surface area contributed by atoms with Crippen molar-refractivity contribution >= 4 is 6.72 Å². The van der Waals surface area contributed by atoms with Crippen molar-refractivity contribution in [3.8, 4) is 0 Å². The van der Waals surface area contributed by atoms with Crippen LogP contribution >= 0.6 is 0 Å². The average molecular weight is 199 g/mol. The molecule has 0 aromatic carbocycles. The molecule has 0 aliphatic carbocycles. The summed E-state index contributed by atoms with van der Waals surface area (Å²) in [5.41, 5.74) is 0.862. The first kappa shape index (κ1) is 15.4. The molecule has 0 aromatic rings. The molecule has 82 valence electrons. The number of aliphatic hydroxyl groups excluding tert-OH is 1. The monoisotopic (exact) mass is 199 g/mol. The summed E-state index contributed by atoms with van der Waals surface area (Å²) in [5, 5.41) is 8.47. The molecule has 0 rings (SSSR count). The first-order chi connectivity index (χ1) is 6.70. The first-order valence-corrected chi connectivity index (χ1v) is 4.78. The Hall–Kier alpha value is -1.09. The normalized spacial score (nSPS) is 9.86. The lowest BCUT2D eigenvalue weighted by Crippen LogP contribution is -1.96. The van der Waals surface area contributed by atoms with Crippen LogP contribution < -0.4 is 0 Å². The highest BCUT2D eigenvalue weighted by molar-refractivity contribution is 5.29. The smallest absolute Gasteiger partial charge is 0.212 e. The minimum absolute atomic E-state index is 0.123. The third-order valence-corrected chi connectivity index (χ3v) is 1.08. The zero-order chi connectivity index (χ0) is 11.4. The topological polar surface area (TPSA) is 41.8 Å². The van der Waals surface area contributed by atoms with E-state index in [2.05, 4.69) is 18.3 Å². The van der Waals surface area contributed by atoms with Crippen molar-refractivity contribution in [2.24, 2.45) is 4.99 Å². The highest BCUT2D eigenvalue weighted by Gasteiger charge is 1.92. The summed E-state index contributed by atoms with van der Waals surface area (Å²) in [6, 6.07) is 0. The Bertz CT molecular complexity index is 186. The lowest BCUT2D eigenvalue weighted by molar-refractivity contribution is 0.175. The second kappa shape index (κ2) is 11.9. The van der Waals surface area contributed by atoms with E-state index in [-0.39, 0.29) is 6.61 Å². The zero-order valence-electron chi connectivity index (χ0n) is 9.42. The van der Waals surface area contributed by atoms with Gasteiger partial charge in [0.1, 0.15) is 0 Å². The molecule has 0 aliphatic heterocycles. The van der Waals surface area contributed by atoms with Crippen molar-refractivity contribution in [2.75, 3.05) is 13.2 Å². The SMILES string of the molecule is C=N/C(=C\C(=C)C)OCCCO.CC. The molecule has 3 heteroatoms. The molecule has 0 saturated carbocycles. The summed E-state index contributed by atoms with van der Waals surface area (Å²) in [7, 11) is 0. The van der Waals surface area contributed by atoms with Crippen molar-refractivity contribution in [3.63, 3.8) is 0 Å². The number of rotatable bonds is 6. The molecule has 0 bridgehead atoms. The molecule has 14 heavy (non-hydrogen) atoms. The van der Waals surface area contributed by atoms with Crippen LogP contribution in [0.15, 0.2) is 29.1 Å². The molecule has 0 spiro atoms. The van der Waals surface area contributed by atoms with E-state index in [1.165, 1.54) is 0 Å². The lowest BCUT2D eigenvalue weighted by atomic mass is 10.3. The fourth-order valence-corrected chi connectivity index (χ4v) is 0.585. The summed E-state index contributed by atoms with van der Waals surface area (Å²) >= 11 is 0. The number of hydrogen-bond acceptors (Lipinski definition) is 3. The number of aliphatic hydroxyl groups is 1. The van der Waals surface area contributed by atoms with Gasteiger partial charge in [0.25, 0.3) is 0 Å². The highest BCUT2D eigenvalue weighted by atomic mass is 16.5. The molecule has 0 aromatic heterocycles. The van der Waals surface area contributed by atoms with E-state index in [9.17, 15) is 0 Å². The quantitative estimate of drug-likeness (QED) is 0.309. The molecule has 3 nitrogen and oxygen atoms in total. The molecule has 1 N–H and O–H groups in total. The van der Waals surface area contributed by atoms with Gasteiger partial charge < -0.3 is 9.84 Å². The van der Waals surface area contributed by atoms with Crippen LogP contribution in [0.5, 0.6) is 0 Å². The van der Waals surface area contributed by atoms with Gasteiger partial charge in [0.15, 0.2) is 0 Å². The van der Waals surface area contributed by atoms with E-state index in [0.717, 1.165) is 5.57 Å². The third kappa shape index (κ3) is 10.9. The number of aliphatic imine (C=N–C) groups is 1. The summed E-state index contributed by atoms with van der Waals surface area (Å²) in [6.07, 6.45) is 2.30. The van der Waals surface area contributed by atoms with Crippen LogP contribution in [0.2, 0.25) is 0 Å². The highest BCUT2D eigenvalue weighted by Crippen LogP contribution is 2.03. The van der Waals surface area contributed by atoms with Crippen molar-refractivity contribution in [1.29, 1.82) is 0 Å². The average Bonchev–Trinajstić information content (AvgIpc) is 2.19. The van der Waals surface area contributed by atoms with Crippen molar-refractivity contribution < 1.29 is 9.84 Å². The Balaban J connectivity index is 0. The molecule has 0 fully saturated rings. The van der Waals surface area contributed by atoms with Crippen LogP contribution in [-0.4, -0.2) is 25.0 Å². The van der Waals surface area contributed by atoms with Crippen LogP contribution in [0, 0.1) is 0 Å². The Morgan fingerprint density at radius 1 is 1.50 bits per heavy atom. The van der Waals surface area contributed by atoms with Crippen molar-refractivity contribution in [3.05, 3.63) is 24.1 Å². The summed E-state index contributed by atoms with van der Waals surface area (Å²) in [6.45, 7) is 13.4.